The van der Waals surface area contributed by atoms with Crippen molar-refractivity contribution in [3.05, 3.63) is 109 Å². The van der Waals surface area contributed by atoms with E-state index in [-0.39, 0.29) is 0 Å². The smallest absolute Gasteiger partial charge is 0.219 e. The molecular weight excluding hydrogens is 434 g/mol. The summed E-state index contributed by atoms with van der Waals surface area (Å²) in [6.07, 6.45) is 3.51. The SMILES string of the molecule is COc1cnc(-n2c3ccccc3c3ccc(-c4cccc(Oc5ccccn5)c4)cc32)cc1C. The van der Waals surface area contributed by atoms with E-state index in [0.717, 1.165) is 45.0 Å². The van der Waals surface area contributed by atoms with Gasteiger partial charge in [-0.05, 0) is 60.0 Å². The molecule has 0 amide bonds. The van der Waals surface area contributed by atoms with Gasteiger partial charge in [0.05, 0.1) is 24.3 Å². The molecule has 0 N–H and O–H groups in total. The van der Waals surface area contributed by atoms with Gasteiger partial charge in [-0.1, -0.05) is 48.5 Å². The van der Waals surface area contributed by atoms with Crippen molar-refractivity contribution in [2.45, 2.75) is 6.92 Å². The Morgan fingerprint density at radius 1 is 0.714 bits per heavy atom. The second-order valence-electron chi connectivity index (χ2n) is 8.39. The van der Waals surface area contributed by atoms with E-state index in [0.29, 0.717) is 5.88 Å². The number of fused-ring (bicyclic) bond motifs is 3. The van der Waals surface area contributed by atoms with Crippen LogP contribution in [0.25, 0.3) is 38.8 Å². The Morgan fingerprint density at radius 2 is 1.54 bits per heavy atom. The van der Waals surface area contributed by atoms with Gasteiger partial charge < -0.3 is 9.47 Å². The molecule has 0 aliphatic heterocycles. The molecule has 0 fully saturated rings. The number of rotatable bonds is 5. The van der Waals surface area contributed by atoms with Crippen LogP contribution in [-0.2, 0) is 0 Å². The van der Waals surface area contributed by atoms with Gasteiger partial charge in [-0.15, -0.1) is 0 Å². The highest BCUT2D eigenvalue weighted by Gasteiger charge is 2.15. The molecule has 3 heterocycles. The van der Waals surface area contributed by atoms with E-state index >= 15 is 0 Å². The molecule has 0 aliphatic rings. The highest BCUT2D eigenvalue weighted by Crippen LogP contribution is 2.35. The van der Waals surface area contributed by atoms with Gasteiger partial charge in [-0.25, -0.2) is 9.97 Å². The molecule has 170 valence electrons. The largest absolute Gasteiger partial charge is 0.495 e. The van der Waals surface area contributed by atoms with Crippen LogP contribution in [0.1, 0.15) is 5.56 Å². The number of ether oxygens (including phenoxy) is 2. The maximum absolute atomic E-state index is 5.97. The van der Waals surface area contributed by atoms with Gasteiger partial charge >= 0.3 is 0 Å². The number of pyridine rings is 2. The summed E-state index contributed by atoms with van der Waals surface area (Å²) in [6.45, 7) is 2.04. The Kier molecular flexibility index (Phi) is 5.15. The summed E-state index contributed by atoms with van der Waals surface area (Å²) >= 11 is 0. The highest BCUT2D eigenvalue weighted by atomic mass is 16.5. The van der Waals surface area contributed by atoms with Gasteiger partial charge in [0.25, 0.3) is 0 Å². The zero-order valence-electron chi connectivity index (χ0n) is 19.5. The van der Waals surface area contributed by atoms with E-state index in [9.17, 15) is 0 Å². The Labute approximate surface area is 203 Å². The summed E-state index contributed by atoms with van der Waals surface area (Å²) in [5.74, 6) is 2.95. The lowest BCUT2D eigenvalue weighted by molar-refractivity contribution is 0.409. The van der Waals surface area contributed by atoms with Crippen LogP contribution in [0.5, 0.6) is 17.4 Å². The fourth-order valence-electron chi connectivity index (χ4n) is 4.53. The van der Waals surface area contributed by atoms with Gasteiger partial charge in [-0.3, -0.25) is 4.57 Å². The first kappa shape index (κ1) is 20.9. The molecule has 6 rings (SSSR count). The van der Waals surface area contributed by atoms with Gasteiger partial charge in [0.15, 0.2) is 0 Å². The lowest BCUT2D eigenvalue weighted by Gasteiger charge is -2.11. The monoisotopic (exact) mass is 457 g/mol. The number of para-hydroxylation sites is 1. The lowest BCUT2D eigenvalue weighted by Crippen LogP contribution is -1.99. The van der Waals surface area contributed by atoms with Crippen molar-refractivity contribution in [2.24, 2.45) is 0 Å². The third-order valence-corrected chi connectivity index (χ3v) is 6.20. The molecule has 3 aromatic carbocycles. The molecular formula is C30H23N3O2. The van der Waals surface area contributed by atoms with Gasteiger partial charge in [0.1, 0.15) is 17.3 Å². The van der Waals surface area contributed by atoms with Crippen LogP contribution in [0.4, 0.5) is 0 Å². The minimum Gasteiger partial charge on any atom is -0.495 e. The van der Waals surface area contributed by atoms with E-state index < -0.39 is 0 Å². The maximum Gasteiger partial charge on any atom is 0.219 e. The Balaban J connectivity index is 1.50. The minimum atomic E-state index is 0.571. The molecule has 3 aromatic heterocycles. The number of nitrogens with zero attached hydrogens (tertiary/aromatic N) is 3. The Bertz CT molecular complexity index is 1670. The first-order chi connectivity index (χ1) is 17.2. The Morgan fingerprint density at radius 3 is 2.37 bits per heavy atom. The molecule has 0 aliphatic carbocycles. The fraction of sp³-hybridized carbons (Fsp3) is 0.0667. The molecule has 0 spiro atoms. The molecule has 6 aromatic rings. The second kappa shape index (κ2) is 8.61. The average Bonchev–Trinajstić information content (AvgIpc) is 3.23. The van der Waals surface area contributed by atoms with Crippen molar-refractivity contribution in [2.75, 3.05) is 7.11 Å². The zero-order chi connectivity index (χ0) is 23.8. The molecule has 5 heteroatoms. The zero-order valence-corrected chi connectivity index (χ0v) is 19.5. The number of hydrogen-bond acceptors (Lipinski definition) is 4. The molecule has 35 heavy (non-hydrogen) atoms. The van der Waals surface area contributed by atoms with Crippen molar-refractivity contribution >= 4 is 21.8 Å². The Hall–Kier alpha value is -4.64. The molecule has 5 nitrogen and oxygen atoms in total. The van der Waals surface area contributed by atoms with E-state index in [4.69, 9.17) is 14.5 Å². The van der Waals surface area contributed by atoms with Crippen molar-refractivity contribution in [3.63, 3.8) is 0 Å². The summed E-state index contributed by atoms with van der Waals surface area (Å²) in [7, 11) is 1.67. The number of aromatic nitrogens is 3. The predicted octanol–water partition coefficient (Wildman–Crippen LogP) is 7.35. The molecule has 0 saturated carbocycles. The molecule has 0 atom stereocenters. The quantitative estimate of drug-likeness (QED) is 0.272. The normalized spacial score (nSPS) is 11.1. The first-order valence-electron chi connectivity index (χ1n) is 11.4. The number of methoxy groups -OCH3 is 1. The van der Waals surface area contributed by atoms with Crippen molar-refractivity contribution in [1.29, 1.82) is 0 Å². The maximum atomic E-state index is 5.97. The van der Waals surface area contributed by atoms with Gasteiger partial charge in [0.2, 0.25) is 5.88 Å². The van der Waals surface area contributed by atoms with Gasteiger partial charge in [-0.2, -0.15) is 0 Å². The minimum absolute atomic E-state index is 0.571. The van der Waals surface area contributed by atoms with E-state index in [1.807, 2.05) is 43.3 Å². The van der Waals surface area contributed by atoms with Crippen LogP contribution in [0, 0.1) is 6.92 Å². The molecule has 0 saturated heterocycles. The van der Waals surface area contributed by atoms with Crippen LogP contribution >= 0.6 is 0 Å². The second-order valence-corrected chi connectivity index (χ2v) is 8.39. The molecule has 0 radical (unpaired) electrons. The van der Waals surface area contributed by atoms with Crippen molar-refractivity contribution < 1.29 is 9.47 Å². The van der Waals surface area contributed by atoms with Crippen molar-refractivity contribution in [3.8, 4) is 34.3 Å². The van der Waals surface area contributed by atoms with Crippen LogP contribution < -0.4 is 9.47 Å². The van der Waals surface area contributed by atoms with Gasteiger partial charge in [0, 0.05) is 23.0 Å². The van der Waals surface area contributed by atoms with Crippen molar-refractivity contribution in [1.82, 2.24) is 14.5 Å². The topological polar surface area (TPSA) is 49.2 Å². The summed E-state index contributed by atoms with van der Waals surface area (Å²) in [5.41, 5.74) is 5.41. The van der Waals surface area contributed by atoms with E-state index in [1.54, 1.807) is 19.5 Å². The molecule has 0 unspecified atom stereocenters. The van der Waals surface area contributed by atoms with Crippen LogP contribution in [0.15, 0.2) is 103 Å². The van der Waals surface area contributed by atoms with Crippen LogP contribution in [0.2, 0.25) is 0 Å². The number of benzene rings is 3. The highest BCUT2D eigenvalue weighted by molar-refractivity contribution is 6.10. The fourth-order valence-corrected chi connectivity index (χ4v) is 4.53. The summed E-state index contributed by atoms with van der Waals surface area (Å²) < 4.78 is 13.6. The standard InChI is InChI=1S/C30H23N3O2/c1-20-16-29(32-19-28(20)34-2)33-26-11-4-3-10-24(26)25-14-13-22(18-27(25)33)21-8-7-9-23(17-21)35-30-12-5-6-15-31-30/h3-19H,1-2H3. The van der Waals surface area contributed by atoms with E-state index in [1.165, 1.54) is 10.8 Å². The number of aryl methyl sites for hydroxylation is 1. The van der Waals surface area contributed by atoms with Crippen LogP contribution in [0.3, 0.4) is 0 Å². The third kappa shape index (κ3) is 3.77. The summed E-state index contributed by atoms with van der Waals surface area (Å²) in [4.78, 5) is 8.99. The van der Waals surface area contributed by atoms with E-state index in [2.05, 4.69) is 64.1 Å². The summed E-state index contributed by atoms with van der Waals surface area (Å²) in [5, 5.41) is 2.37. The average molecular weight is 458 g/mol. The van der Waals surface area contributed by atoms with Crippen LogP contribution in [-0.4, -0.2) is 21.6 Å². The molecule has 0 bridgehead atoms. The number of hydrogen-bond donors (Lipinski definition) is 0. The predicted molar refractivity (Wildman–Crippen MR) is 140 cm³/mol. The third-order valence-electron chi connectivity index (χ3n) is 6.20. The first-order valence-corrected chi connectivity index (χ1v) is 11.4. The summed E-state index contributed by atoms with van der Waals surface area (Å²) in [6, 6.07) is 30.8. The lowest BCUT2D eigenvalue weighted by atomic mass is 10.0.